The fourth-order valence-electron chi connectivity index (χ4n) is 2.66. The molecule has 0 spiro atoms. The van der Waals surface area contributed by atoms with Crippen LogP contribution in [0.25, 0.3) is 5.78 Å². The largest absolute Gasteiger partial charge is 0.347 e. The van der Waals surface area contributed by atoms with Gasteiger partial charge in [-0.25, -0.2) is 9.50 Å². The highest BCUT2D eigenvalue weighted by molar-refractivity contribution is 5.91. The molecule has 1 N–H and O–H groups in total. The quantitative estimate of drug-likeness (QED) is 0.904. The molecule has 2 aromatic heterocycles. The smallest absolute Gasteiger partial charge is 0.291 e. The summed E-state index contributed by atoms with van der Waals surface area (Å²) in [6.07, 6.45) is 6.09. The second kappa shape index (κ2) is 5.19. The number of carbonyl (C=O) groups excluding carboxylic acids is 1. The molecule has 0 radical (unpaired) electrons. The molecule has 0 aliphatic heterocycles. The van der Waals surface area contributed by atoms with Gasteiger partial charge in [0.15, 0.2) is 0 Å². The predicted octanol–water partition coefficient (Wildman–Crippen LogP) is 1.74. The lowest BCUT2D eigenvalue weighted by Gasteiger charge is -2.26. The van der Waals surface area contributed by atoms with Gasteiger partial charge in [0, 0.05) is 17.9 Å². The Labute approximate surface area is 117 Å². The fraction of sp³-hybridized carbons (Fsp3) is 0.571. The fourth-order valence-corrected chi connectivity index (χ4v) is 2.66. The summed E-state index contributed by atoms with van der Waals surface area (Å²) < 4.78 is 1.60. The van der Waals surface area contributed by atoms with Crippen LogP contribution in [0.1, 0.15) is 48.9 Å². The summed E-state index contributed by atoms with van der Waals surface area (Å²) in [6.45, 7) is 4.17. The number of carbonyl (C=O) groups is 1. The Morgan fingerprint density at radius 1 is 1.35 bits per heavy atom. The average Bonchev–Trinajstić information content (AvgIpc) is 2.87. The van der Waals surface area contributed by atoms with Crippen LogP contribution in [0.2, 0.25) is 0 Å². The first-order valence-electron chi connectivity index (χ1n) is 7.12. The predicted molar refractivity (Wildman–Crippen MR) is 74.4 cm³/mol. The van der Waals surface area contributed by atoms with E-state index in [0.29, 0.717) is 5.78 Å². The number of hydrogen-bond acceptors (Lipinski definition) is 4. The van der Waals surface area contributed by atoms with E-state index in [1.54, 1.807) is 10.7 Å². The Kier molecular flexibility index (Phi) is 3.38. The van der Waals surface area contributed by atoms with Crippen molar-refractivity contribution in [2.45, 2.75) is 45.6 Å². The van der Waals surface area contributed by atoms with Crippen molar-refractivity contribution < 1.29 is 4.79 Å². The van der Waals surface area contributed by atoms with Gasteiger partial charge in [-0.05, 0) is 44.6 Å². The molecular formula is C14H19N5O. The minimum absolute atomic E-state index is 0.199. The van der Waals surface area contributed by atoms with Gasteiger partial charge in [0.25, 0.3) is 11.7 Å². The zero-order chi connectivity index (χ0) is 14.1. The van der Waals surface area contributed by atoms with Crippen LogP contribution < -0.4 is 5.32 Å². The number of rotatable bonds is 2. The Balaban J connectivity index is 1.74. The topological polar surface area (TPSA) is 72.2 Å². The minimum Gasteiger partial charge on any atom is -0.347 e. The van der Waals surface area contributed by atoms with Crippen LogP contribution in [0, 0.1) is 12.8 Å². The van der Waals surface area contributed by atoms with Gasteiger partial charge in [0.2, 0.25) is 5.82 Å². The highest BCUT2D eigenvalue weighted by atomic mass is 16.2. The summed E-state index contributed by atoms with van der Waals surface area (Å²) in [5.41, 5.74) is 0.910. The number of aromatic nitrogens is 4. The molecule has 0 unspecified atom stereocenters. The summed E-state index contributed by atoms with van der Waals surface area (Å²) >= 11 is 0. The van der Waals surface area contributed by atoms with Crippen molar-refractivity contribution >= 4 is 11.7 Å². The summed E-state index contributed by atoms with van der Waals surface area (Å²) in [4.78, 5) is 20.5. The highest BCUT2D eigenvalue weighted by Gasteiger charge is 2.22. The van der Waals surface area contributed by atoms with Gasteiger partial charge < -0.3 is 5.32 Å². The van der Waals surface area contributed by atoms with Gasteiger partial charge in [-0.3, -0.25) is 4.79 Å². The third-order valence-corrected chi connectivity index (χ3v) is 3.98. The van der Waals surface area contributed by atoms with Gasteiger partial charge >= 0.3 is 0 Å². The first-order chi connectivity index (χ1) is 9.63. The first kappa shape index (κ1) is 13.0. The van der Waals surface area contributed by atoms with E-state index >= 15 is 0 Å². The molecule has 1 aliphatic rings. The van der Waals surface area contributed by atoms with Crippen LogP contribution in [0.3, 0.4) is 0 Å². The van der Waals surface area contributed by atoms with Crippen molar-refractivity contribution in [1.29, 1.82) is 0 Å². The normalized spacial score (nSPS) is 22.9. The zero-order valence-electron chi connectivity index (χ0n) is 11.8. The molecule has 2 aromatic rings. The van der Waals surface area contributed by atoms with Gasteiger partial charge in [-0.15, -0.1) is 5.10 Å². The van der Waals surface area contributed by atoms with E-state index in [9.17, 15) is 4.79 Å². The summed E-state index contributed by atoms with van der Waals surface area (Å²) in [7, 11) is 0. The van der Waals surface area contributed by atoms with Crippen LogP contribution in [-0.2, 0) is 0 Å². The molecular weight excluding hydrogens is 254 g/mol. The molecule has 106 valence electrons. The molecule has 6 heteroatoms. The molecule has 0 atom stereocenters. The van der Waals surface area contributed by atoms with E-state index in [1.165, 1.54) is 12.8 Å². The Morgan fingerprint density at radius 2 is 2.10 bits per heavy atom. The maximum absolute atomic E-state index is 12.2. The number of fused-ring (bicyclic) bond motifs is 1. The molecule has 3 rings (SSSR count). The van der Waals surface area contributed by atoms with Crippen LogP contribution in [0.5, 0.6) is 0 Å². The summed E-state index contributed by atoms with van der Waals surface area (Å²) in [5.74, 6) is 1.23. The van der Waals surface area contributed by atoms with Crippen LogP contribution in [-0.4, -0.2) is 31.5 Å². The maximum atomic E-state index is 12.2. The van der Waals surface area contributed by atoms with Crippen LogP contribution in [0.15, 0.2) is 12.3 Å². The summed E-state index contributed by atoms with van der Waals surface area (Å²) in [6, 6.07) is 2.09. The van der Waals surface area contributed by atoms with Crippen molar-refractivity contribution in [3.05, 3.63) is 23.8 Å². The van der Waals surface area contributed by atoms with Crippen molar-refractivity contribution in [2.24, 2.45) is 5.92 Å². The lowest BCUT2D eigenvalue weighted by Crippen LogP contribution is -2.37. The Morgan fingerprint density at radius 3 is 2.80 bits per heavy atom. The molecule has 20 heavy (non-hydrogen) atoms. The number of nitrogens with one attached hydrogen (secondary N) is 1. The molecule has 0 saturated heterocycles. The minimum atomic E-state index is -0.200. The Hall–Kier alpha value is -1.98. The third kappa shape index (κ3) is 2.50. The Bertz CT molecular complexity index is 628. The molecule has 1 fully saturated rings. The van der Waals surface area contributed by atoms with Gasteiger partial charge in [0.05, 0.1) is 0 Å². The maximum Gasteiger partial charge on any atom is 0.291 e. The van der Waals surface area contributed by atoms with E-state index < -0.39 is 0 Å². The highest BCUT2D eigenvalue weighted by Crippen LogP contribution is 2.23. The van der Waals surface area contributed by atoms with Crippen molar-refractivity contribution in [3.63, 3.8) is 0 Å². The lowest BCUT2D eigenvalue weighted by molar-refractivity contribution is 0.0912. The first-order valence-corrected chi connectivity index (χ1v) is 7.12. The monoisotopic (exact) mass is 273 g/mol. The standard InChI is InChI=1S/C14H19N5O/c1-9-3-5-11(6-4-9)16-13(20)12-17-14-15-8-7-10(2)19(14)18-12/h7-9,11H,3-6H2,1-2H3,(H,16,20). The number of nitrogens with zero attached hydrogens (tertiary/aromatic N) is 4. The van der Waals surface area contributed by atoms with Gasteiger partial charge in [0.1, 0.15) is 0 Å². The molecule has 0 bridgehead atoms. The third-order valence-electron chi connectivity index (χ3n) is 3.98. The zero-order valence-corrected chi connectivity index (χ0v) is 11.8. The van der Waals surface area contributed by atoms with Crippen LogP contribution in [0.4, 0.5) is 0 Å². The van der Waals surface area contributed by atoms with E-state index in [2.05, 4.69) is 27.3 Å². The van der Waals surface area contributed by atoms with Crippen LogP contribution >= 0.6 is 0 Å². The molecule has 1 saturated carbocycles. The van der Waals surface area contributed by atoms with E-state index in [0.717, 1.165) is 24.5 Å². The lowest BCUT2D eigenvalue weighted by atomic mass is 9.87. The summed E-state index contributed by atoms with van der Waals surface area (Å²) in [5, 5.41) is 7.25. The molecule has 2 heterocycles. The number of aryl methyl sites for hydroxylation is 1. The van der Waals surface area contributed by atoms with Crippen molar-refractivity contribution in [1.82, 2.24) is 24.9 Å². The average molecular weight is 273 g/mol. The molecule has 1 amide bonds. The SMILES string of the molecule is Cc1ccnc2nc(C(=O)NC3CCC(C)CC3)nn12. The molecule has 0 aromatic carbocycles. The number of amides is 1. The van der Waals surface area contributed by atoms with Crippen molar-refractivity contribution in [3.8, 4) is 0 Å². The van der Waals surface area contributed by atoms with E-state index in [4.69, 9.17) is 0 Å². The number of hydrogen-bond donors (Lipinski definition) is 1. The van der Waals surface area contributed by atoms with E-state index in [-0.39, 0.29) is 17.8 Å². The van der Waals surface area contributed by atoms with Gasteiger partial charge in [-0.2, -0.15) is 4.98 Å². The molecule has 6 nitrogen and oxygen atoms in total. The van der Waals surface area contributed by atoms with E-state index in [1.807, 2.05) is 13.0 Å². The molecule has 1 aliphatic carbocycles. The second-order valence-corrected chi connectivity index (χ2v) is 5.66. The van der Waals surface area contributed by atoms with Gasteiger partial charge in [-0.1, -0.05) is 6.92 Å². The second-order valence-electron chi connectivity index (χ2n) is 5.66. The van der Waals surface area contributed by atoms with Crippen molar-refractivity contribution in [2.75, 3.05) is 0 Å².